The van der Waals surface area contributed by atoms with Crippen LogP contribution in [-0.4, -0.2) is 68.7 Å². The number of carboxylic acids is 1. The highest BCUT2D eigenvalue weighted by atomic mass is 16.5. The molecule has 0 aromatic heterocycles. The number of carbonyl (C=O) groups is 3. The van der Waals surface area contributed by atoms with E-state index in [1.165, 1.54) is 18.2 Å². The molecule has 3 atom stereocenters. The fourth-order valence-corrected chi connectivity index (χ4v) is 4.69. The number of hydrogen-bond acceptors (Lipinski definition) is 6. The molecule has 0 spiro atoms. The molecule has 9 heteroatoms. The Balaban J connectivity index is 1.19. The SMILES string of the molecule is COC(CCNC(=O)[C@@H]1CO[C@H](CNC(=O)OCC2c3ccccc3-c3ccccc32)C1)C(=O)O. The number of aliphatic carboxylic acids is 1. The van der Waals surface area contributed by atoms with Crippen LogP contribution < -0.4 is 10.6 Å². The number of fused-ring (bicyclic) bond motifs is 3. The summed E-state index contributed by atoms with van der Waals surface area (Å²) in [5.74, 6) is -1.63. The molecule has 3 N–H and O–H groups in total. The molecule has 1 fully saturated rings. The summed E-state index contributed by atoms with van der Waals surface area (Å²) in [5, 5.41) is 14.4. The van der Waals surface area contributed by atoms with Crippen molar-refractivity contribution < 1.29 is 33.7 Å². The standard InChI is InChI=1S/C26H30N2O7/c1-33-23(25(30)31)10-11-27-24(29)16-12-17(34-14-16)13-28-26(32)35-15-22-20-8-4-2-6-18(20)19-7-3-5-9-21(19)22/h2-9,16-17,22-23H,10-15H2,1H3,(H,27,29)(H,28,32)(H,30,31)/t16-,17-,23?/m0/s1. The van der Waals surface area contributed by atoms with Crippen LogP contribution in [0.1, 0.15) is 29.9 Å². The van der Waals surface area contributed by atoms with Crippen molar-refractivity contribution in [2.45, 2.75) is 31.0 Å². The van der Waals surface area contributed by atoms with Gasteiger partial charge in [-0.15, -0.1) is 0 Å². The Kier molecular flexibility index (Phi) is 7.99. The average molecular weight is 483 g/mol. The van der Waals surface area contributed by atoms with Gasteiger partial charge in [0.05, 0.1) is 18.6 Å². The van der Waals surface area contributed by atoms with E-state index in [-0.39, 0.29) is 56.6 Å². The lowest BCUT2D eigenvalue weighted by Crippen LogP contribution is -2.36. The molecule has 1 heterocycles. The summed E-state index contributed by atoms with van der Waals surface area (Å²) in [6, 6.07) is 16.3. The van der Waals surface area contributed by atoms with Gasteiger partial charge in [0, 0.05) is 32.5 Å². The lowest BCUT2D eigenvalue weighted by molar-refractivity contribution is -0.149. The molecular formula is C26H30N2O7. The number of rotatable bonds is 10. The minimum atomic E-state index is -1.06. The smallest absolute Gasteiger partial charge is 0.407 e. The molecular weight excluding hydrogens is 452 g/mol. The lowest BCUT2D eigenvalue weighted by Gasteiger charge is -2.16. The van der Waals surface area contributed by atoms with Gasteiger partial charge in [-0.05, 0) is 28.7 Å². The van der Waals surface area contributed by atoms with Crippen LogP contribution in [0.5, 0.6) is 0 Å². The van der Waals surface area contributed by atoms with Gasteiger partial charge in [-0.1, -0.05) is 48.5 Å². The van der Waals surface area contributed by atoms with E-state index in [4.69, 9.17) is 19.3 Å². The second kappa shape index (κ2) is 11.3. The van der Waals surface area contributed by atoms with E-state index >= 15 is 0 Å². The van der Waals surface area contributed by atoms with Crippen molar-refractivity contribution in [3.8, 4) is 11.1 Å². The molecule has 0 radical (unpaired) electrons. The molecule has 4 rings (SSSR count). The second-order valence-electron chi connectivity index (χ2n) is 8.74. The molecule has 35 heavy (non-hydrogen) atoms. The molecule has 0 bridgehead atoms. The van der Waals surface area contributed by atoms with Gasteiger partial charge in [0.25, 0.3) is 0 Å². The topological polar surface area (TPSA) is 123 Å². The van der Waals surface area contributed by atoms with Crippen molar-refractivity contribution in [2.75, 3.05) is 33.4 Å². The number of hydrogen-bond donors (Lipinski definition) is 3. The van der Waals surface area contributed by atoms with Crippen LogP contribution >= 0.6 is 0 Å². The Morgan fingerprint density at radius 2 is 1.71 bits per heavy atom. The second-order valence-corrected chi connectivity index (χ2v) is 8.74. The van der Waals surface area contributed by atoms with Gasteiger partial charge in [0.15, 0.2) is 6.10 Å². The zero-order chi connectivity index (χ0) is 24.8. The van der Waals surface area contributed by atoms with Crippen LogP contribution in [0.15, 0.2) is 48.5 Å². The van der Waals surface area contributed by atoms with Crippen LogP contribution in [0.25, 0.3) is 11.1 Å². The van der Waals surface area contributed by atoms with E-state index in [1.54, 1.807) is 0 Å². The molecule has 9 nitrogen and oxygen atoms in total. The van der Waals surface area contributed by atoms with Gasteiger partial charge < -0.3 is 30.0 Å². The minimum absolute atomic E-state index is 0.0113. The average Bonchev–Trinajstić information content (AvgIpc) is 3.47. The third-order valence-corrected chi connectivity index (χ3v) is 6.53. The molecule has 1 aliphatic heterocycles. The molecule has 2 amide bonds. The minimum Gasteiger partial charge on any atom is -0.479 e. The number of carbonyl (C=O) groups excluding carboxylic acids is 2. The van der Waals surface area contributed by atoms with E-state index in [1.807, 2.05) is 24.3 Å². The quantitative estimate of drug-likeness (QED) is 0.476. The summed E-state index contributed by atoms with van der Waals surface area (Å²) in [6.07, 6.45) is -1.14. The molecule has 2 aliphatic rings. The lowest BCUT2D eigenvalue weighted by atomic mass is 9.98. The number of carboxylic acid groups (broad SMARTS) is 1. The zero-order valence-electron chi connectivity index (χ0n) is 19.6. The summed E-state index contributed by atoms with van der Waals surface area (Å²) in [7, 11) is 1.32. The van der Waals surface area contributed by atoms with Crippen LogP contribution in [-0.2, 0) is 23.8 Å². The highest BCUT2D eigenvalue weighted by Crippen LogP contribution is 2.44. The number of amides is 2. The van der Waals surface area contributed by atoms with E-state index in [0.29, 0.717) is 6.42 Å². The first-order valence-electron chi connectivity index (χ1n) is 11.7. The van der Waals surface area contributed by atoms with Crippen molar-refractivity contribution >= 4 is 18.0 Å². The Labute approximate surface area is 203 Å². The maximum absolute atomic E-state index is 12.4. The van der Waals surface area contributed by atoms with Gasteiger partial charge in [0.2, 0.25) is 5.91 Å². The predicted molar refractivity (Wildman–Crippen MR) is 127 cm³/mol. The Hall–Kier alpha value is -3.43. The molecule has 1 unspecified atom stereocenters. The molecule has 186 valence electrons. The Morgan fingerprint density at radius 1 is 1.06 bits per heavy atom. The fourth-order valence-electron chi connectivity index (χ4n) is 4.69. The molecule has 2 aromatic rings. The van der Waals surface area contributed by atoms with Crippen molar-refractivity contribution in [3.05, 3.63) is 59.7 Å². The number of methoxy groups -OCH3 is 1. The highest BCUT2D eigenvalue weighted by molar-refractivity contribution is 5.80. The summed E-state index contributed by atoms with van der Waals surface area (Å²) >= 11 is 0. The van der Waals surface area contributed by atoms with Gasteiger partial charge in [-0.2, -0.15) is 0 Å². The molecule has 2 aromatic carbocycles. The molecule has 1 aliphatic carbocycles. The largest absolute Gasteiger partial charge is 0.479 e. The van der Waals surface area contributed by atoms with E-state index in [0.717, 1.165) is 11.1 Å². The van der Waals surface area contributed by atoms with Crippen LogP contribution in [0.4, 0.5) is 4.79 Å². The third-order valence-electron chi connectivity index (χ3n) is 6.53. The first-order valence-corrected chi connectivity index (χ1v) is 11.7. The van der Waals surface area contributed by atoms with Crippen LogP contribution in [0.3, 0.4) is 0 Å². The van der Waals surface area contributed by atoms with Crippen molar-refractivity contribution in [3.63, 3.8) is 0 Å². The number of alkyl carbamates (subject to hydrolysis) is 1. The fraction of sp³-hybridized carbons (Fsp3) is 0.423. The normalized spacial score (nSPS) is 19.5. The summed E-state index contributed by atoms with van der Waals surface area (Å²) in [6.45, 7) is 0.915. The van der Waals surface area contributed by atoms with E-state index in [9.17, 15) is 14.4 Å². The Bertz CT molecular complexity index is 1030. The summed E-state index contributed by atoms with van der Waals surface area (Å²) in [4.78, 5) is 35.6. The predicted octanol–water partition coefficient (Wildman–Crippen LogP) is 2.54. The first kappa shape index (κ1) is 24.7. The van der Waals surface area contributed by atoms with Gasteiger partial charge in [0.1, 0.15) is 6.61 Å². The van der Waals surface area contributed by atoms with Crippen LogP contribution in [0, 0.1) is 5.92 Å². The van der Waals surface area contributed by atoms with Gasteiger partial charge in [-0.3, -0.25) is 4.79 Å². The number of nitrogens with one attached hydrogen (secondary N) is 2. The van der Waals surface area contributed by atoms with E-state index in [2.05, 4.69) is 34.9 Å². The molecule has 1 saturated heterocycles. The summed E-state index contributed by atoms with van der Waals surface area (Å²) < 4.78 is 16.0. The number of ether oxygens (including phenoxy) is 3. The summed E-state index contributed by atoms with van der Waals surface area (Å²) in [5.41, 5.74) is 4.63. The maximum Gasteiger partial charge on any atom is 0.407 e. The first-order chi connectivity index (χ1) is 17.0. The third kappa shape index (κ3) is 5.80. The molecule has 0 saturated carbocycles. The van der Waals surface area contributed by atoms with E-state index < -0.39 is 18.2 Å². The maximum atomic E-state index is 12.4. The number of benzene rings is 2. The van der Waals surface area contributed by atoms with Gasteiger partial charge in [-0.25, -0.2) is 9.59 Å². The monoisotopic (exact) mass is 482 g/mol. The zero-order valence-corrected chi connectivity index (χ0v) is 19.6. The Morgan fingerprint density at radius 3 is 2.34 bits per heavy atom. The van der Waals surface area contributed by atoms with Crippen LogP contribution in [0.2, 0.25) is 0 Å². The van der Waals surface area contributed by atoms with Crippen molar-refractivity contribution in [2.24, 2.45) is 5.92 Å². The van der Waals surface area contributed by atoms with Crippen molar-refractivity contribution in [1.29, 1.82) is 0 Å². The highest BCUT2D eigenvalue weighted by Gasteiger charge is 2.32. The van der Waals surface area contributed by atoms with Crippen molar-refractivity contribution in [1.82, 2.24) is 10.6 Å². The van der Waals surface area contributed by atoms with Gasteiger partial charge >= 0.3 is 12.1 Å².